The Hall–Kier alpha value is -3.46. The van der Waals surface area contributed by atoms with Crippen LogP contribution in [0.4, 0.5) is 18.3 Å². The first kappa shape index (κ1) is 22.2. The first-order chi connectivity index (χ1) is 14.7. The standard InChI is InChI=1S/C22H17F3N2O3S/c1-14(20(29)27-21-26-18(13-31-21)16-7-3-2-4-8-16)30-19(28)11-10-15-6-5-9-17(12-15)22(23,24)25/h2-14H,1H3,(H,26,27,29). The second-order valence-corrected chi connectivity index (χ2v) is 7.29. The van der Waals surface area contributed by atoms with Crippen molar-refractivity contribution >= 4 is 34.4 Å². The number of esters is 1. The Morgan fingerprint density at radius 2 is 1.87 bits per heavy atom. The number of nitrogens with one attached hydrogen (secondary N) is 1. The van der Waals surface area contributed by atoms with Gasteiger partial charge in [0.15, 0.2) is 11.2 Å². The molecule has 2 aromatic carbocycles. The number of hydrogen-bond acceptors (Lipinski definition) is 5. The maximum absolute atomic E-state index is 12.7. The quantitative estimate of drug-likeness (QED) is 0.406. The Morgan fingerprint density at radius 1 is 1.13 bits per heavy atom. The zero-order valence-electron chi connectivity index (χ0n) is 16.2. The minimum Gasteiger partial charge on any atom is -0.449 e. The van der Waals surface area contributed by atoms with Crippen LogP contribution < -0.4 is 5.32 Å². The maximum atomic E-state index is 12.7. The van der Waals surface area contributed by atoms with Gasteiger partial charge in [-0.1, -0.05) is 42.5 Å². The second kappa shape index (κ2) is 9.57. The Bertz CT molecular complexity index is 1090. The zero-order chi connectivity index (χ0) is 22.4. The normalized spacial score (nSPS) is 12.5. The highest BCUT2D eigenvalue weighted by atomic mass is 32.1. The zero-order valence-corrected chi connectivity index (χ0v) is 17.0. The number of nitrogens with zero attached hydrogens (tertiary/aromatic N) is 1. The molecule has 0 radical (unpaired) electrons. The minimum absolute atomic E-state index is 0.181. The minimum atomic E-state index is -4.48. The van der Waals surface area contributed by atoms with Gasteiger partial charge in [0, 0.05) is 17.0 Å². The number of carbonyl (C=O) groups excluding carboxylic acids is 2. The van der Waals surface area contributed by atoms with E-state index in [0.717, 1.165) is 23.8 Å². The van der Waals surface area contributed by atoms with E-state index in [-0.39, 0.29) is 5.56 Å². The van der Waals surface area contributed by atoms with E-state index in [9.17, 15) is 22.8 Å². The smallest absolute Gasteiger partial charge is 0.416 e. The van der Waals surface area contributed by atoms with Crippen LogP contribution in [0.5, 0.6) is 0 Å². The fraction of sp³-hybridized carbons (Fsp3) is 0.136. The number of anilines is 1. The first-order valence-corrected chi connectivity index (χ1v) is 9.98. The molecule has 0 fully saturated rings. The highest BCUT2D eigenvalue weighted by molar-refractivity contribution is 7.14. The molecule has 0 saturated carbocycles. The van der Waals surface area contributed by atoms with Crippen molar-refractivity contribution in [1.82, 2.24) is 4.98 Å². The Kier molecular flexibility index (Phi) is 6.86. The lowest BCUT2D eigenvalue weighted by molar-refractivity contribution is -0.148. The molecule has 1 heterocycles. The molecule has 0 aliphatic rings. The van der Waals surface area contributed by atoms with Crippen LogP contribution in [0, 0.1) is 0 Å². The van der Waals surface area contributed by atoms with Crippen LogP contribution in [0.1, 0.15) is 18.1 Å². The molecule has 0 bridgehead atoms. The fourth-order valence-corrected chi connectivity index (χ4v) is 3.25. The lowest BCUT2D eigenvalue weighted by atomic mass is 10.1. The van der Waals surface area contributed by atoms with Crippen molar-refractivity contribution in [2.45, 2.75) is 19.2 Å². The summed E-state index contributed by atoms with van der Waals surface area (Å²) in [6.45, 7) is 1.39. The summed E-state index contributed by atoms with van der Waals surface area (Å²) in [6.07, 6.45) is -3.44. The number of halogens is 3. The fourth-order valence-electron chi connectivity index (χ4n) is 2.53. The molecule has 1 atom stereocenters. The monoisotopic (exact) mass is 446 g/mol. The number of ether oxygens (including phenoxy) is 1. The van der Waals surface area contributed by atoms with E-state index in [4.69, 9.17) is 4.74 Å². The number of rotatable bonds is 6. The largest absolute Gasteiger partial charge is 0.449 e. The molecular formula is C22H17F3N2O3S. The van der Waals surface area contributed by atoms with E-state index in [0.29, 0.717) is 10.8 Å². The molecule has 1 amide bonds. The number of amides is 1. The van der Waals surface area contributed by atoms with Crippen molar-refractivity contribution < 1.29 is 27.5 Å². The van der Waals surface area contributed by atoms with Crippen LogP contribution in [0.3, 0.4) is 0 Å². The van der Waals surface area contributed by atoms with Gasteiger partial charge in [0.25, 0.3) is 5.91 Å². The molecule has 9 heteroatoms. The average molecular weight is 446 g/mol. The molecule has 0 aliphatic heterocycles. The van der Waals surface area contributed by atoms with E-state index in [1.165, 1.54) is 36.5 Å². The second-order valence-electron chi connectivity index (χ2n) is 6.43. The highest BCUT2D eigenvalue weighted by Gasteiger charge is 2.30. The predicted molar refractivity (Wildman–Crippen MR) is 112 cm³/mol. The molecule has 0 aliphatic carbocycles. The van der Waals surface area contributed by atoms with Crippen LogP contribution in [0.15, 0.2) is 66.1 Å². The summed E-state index contributed by atoms with van der Waals surface area (Å²) < 4.78 is 43.2. The van der Waals surface area contributed by atoms with Gasteiger partial charge >= 0.3 is 12.1 Å². The van der Waals surface area contributed by atoms with Gasteiger partial charge in [-0.05, 0) is 30.7 Å². The summed E-state index contributed by atoms with van der Waals surface area (Å²) in [5.74, 6) is -1.43. The third-order valence-electron chi connectivity index (χ3n) is 4.09. The topological polar surface area (TPSA) is 68.3 Å². The number of aromatic nitrogens is 1. The summed E-state index contributed by atoms with van der Waals surface area (Å²) in [6, 6.07) is 13.9. The Morgan fingerprint density at radius 3 is 2.58 bits per heavy atom. The summed E-state index contributed by atoms with van der Waals surface area (Å²) in [7, 11) is 0. The Balaban J connectivity index is 1.55. The van der Waals surface area contributed by atoms with Crippen LogP contribution >= 0.6 is 11.3 Å². The van der Waals surface area contributed by atoms with E-state index < -0.39 is 29.7 Å². The molecule has 1 aromatic heterocycles. The van der Waals surface area contributed by atoms with Crippen molar-refractivity contribution in [3.05, 3.63) is 77.2 Å². The van der Waals surface area contributed by atoms with Gasteiger partial charge in [0.05, 0.1) is 11.3 Å². The molecule has 3 rings (SSSR count). The van der Waals surface area contributed by atoms with E-state index in [1.807, 2.05) is 30.3 Å². The summed E-state index contributed by atoms with van der Waals surface area (Å²) in [5.41, 5.74) is 0.960. The lowest BCUT2D eigenvalue weighted by Crippen LogP contribution is -2.29. The summed E-state index contributed by atoms with van der Waals surface area (Å²) in [5, 5.41) is 4.72. The molecule has 160 valence electrons. The molecule has 3 aromatic rings. The number of benzene rings is 2. The Labute approximate surface area is 180 Å². The molecule has 1 unspecified atom stereocenters. The van der Waals surface area contributed by atoms with Crippen molar-refractivity contribution in [1.29, 1.82) is 0 Å². The number of carbonyl (C=O) groups is 2. The molecule has 31 heavy (non-hydrogen) atoms. The van der Waals surface area contributed by atoms with E-state index in [2.05, 4.69) is 10.3 Å². The van der Waals surface area contributed by atoms with Gasteiger partial charge in [-0.3, -0.25) is 10.1 Å². The van der Waals surface area contributed by atoms with Gasteiger partial charge in [0.2, 0.25) is 0 Å². The van der Waals surface area contributed by atoms with Crippen molar-refractivity contribution in [2.24, 2.45) is 0 Å². The molecule has 0 spiro atoms. The van der Waals surface area contributed by atoms with Crippen LogP contribution in [-0.4, -0.2) is 23.0 Å². The van der Waals surface area contributed by atoms with Crippen LogP contribution in [0.2, 0.25) is 0 Å². The predicted octanol–water partition coefficient (Wildman–Crippen LogP) is 5.41. The summed E-state index contributed by atoms with van der Waals surface area (Å²) >= 11 is 1.23. The SMILES string of the molecule is CC(OC(=O)C=Cc1cccc(C(F)(F)F)c1)C(=O)Nc1nc(-c2ccccc2)cs1. The van der Waals surface area contributed by atoms with Crippen molar-refractivity contribution in [2.75, 3.05) is 5.32 Å². The number of thiazole rings is 1. The van der Waals surface area contributed by atoms with E-state index >= 15 is 0 Å². The van der Waals surface area contributed by atoms with Gasteiger partial charge in [-0.25, -0.2) is 9.78 Å². The first-order valence-electron chi connectivity index (χ1n) is 9.10. The molecule has 5 nitrogen and oxygen atoms in total. The average Bonchev–Trinajstić information content (AvgIpc) is 3.21. The van der Waals surface area contributed by atoms with E-state index in [1.54, 1.807) is 5.38 Å². The maximum Gasteiger partial charge on any atom is 0.416 e. The summed E-state index contributed by atoms with van der Waals surface area (Å²) in [4.78, 5) is 28.5. The lowest BCUT2D eigenvalue weighted by Gasteiger charge is -2.10. The van der Waals surface area contributed by atoms with Crippen LogP contribution in [0.25, 0.3) is 17.3 Å². The van der Waals surface area contributed by atoms with Gasteiger partial charge in [-0.15, -0.1) is 11.3 Å². The third kappa shape index (κ3) is 6.26. The van der Waals surface area contributed by atoms with Crippen LogP contribution in [-0.2, 0) is 20.5 Å². The third-order valence-corrected chi connectivity index (χ3v) is 4.85. The highest BCUT2D eigenvalue weighted by Crippen LogP contribution is 2.29. The van der Waals surface area contributed by atoms with Crippen molar-refractivity contribution in [3.63, 3.8) is 0 Å². The molecule has 1 N–H and O–H groups in total. The number of hydrogen-bond donors (Lipinski definition) is 1. The van der Waals surface area contributed by atoms with Gasteiger partial charge in [0.1, 0.15) is 0 Å². The van der Waals surface area contributed by atoms with Gasteiger partial charge < -0.3 is 4.74 Å². The molecular weight excluding hydrogens is 429 g/mol. The molecule has 0 saturated heterocycles. The van der Waals surface area contributed by atoms with Gasteiger partial charge in [-0.2, -0.15) is 13.2 Å². The number of alkyl halides is 3. The van der Waals surface area contributed by atoms with Crippen molar-refractivity contribution in [3.8, 4) is 11.3 Å².